The zero-order valence-corrected chi connectivity index (χ0v) is 38.5. The fourth-order valence-electron chi connectivity index (χ4n) is 9.27. The molecule has 6 aliphatic rings. The number of fused-ring (bicyclic) bond motifs is 6. The Labute approximate surface area is 407 Å². The van der Waals surface area contributed by atoms with Crippen molar-refractivity contribution in [2.75, 3.05) is 26.2 Å². The molecule has 1 aromatic heterocycles. The van der Waals surface area contributed by atoms with E-state index in [1.807, 2.05) is 0 Å². The summed E-state index contributed by atoms with van der Waals surface area (Å²) in [4.78, 5) is 12.7. The minimum atomic E-state index is -5.16. The number of aliphatic imine (C=N–C) groups is 3. The second kappa shape index (κ2) is 18.2. The van der Waals surface area contributed by atoms with Gasteiger partial charge in [-0.1, -0.05) is 12.8 Å². The molecule has 6 aliphatic heterocycles. The van der Waals surface area contributed by atoms with Crippen LogP contribution < -0.4 is 0 Å². The molecule has 3 aromatic carbocycles. The van der Waals surface area contributed by atoms with Crippen LogP contribution >= 0.6 is 0 Å². The third kappa shape index (κ3) is 7.66. The van der Waals surface area contributed by atoms with Crippen LogP contribution in [0.25, 0.3) is 16.7 Å². The molecule has 4 aromatic rings. The molecule has 2 saturated heterocycles. The Morgan fingerprint density at radius 2 is 0.770 bits per heavy atom. The molecule has 0 unspecified atom stereocenters. The van der Waals surface area contributed by atoms with Gasteiger partial charge in [-0.25, -0.2) is 97.7 Å². The fraction of sp³-hybridized carbons (Fsp3) is 0.213. The highest BCUT2D eigenvalue weighted by Crippen LogP contribution is 2.45. The highest BCUT2D eigenvalue weighted by atomic mass is 32.2. The molecule has 0 aliphatic carbocycles. The van der Waals surface area contributed by atoms with Crippen LogP contribution in [0.2, 0.25) is 0 Å². The van der Waals surface area contributed by atoms with Gasteiger partial charge in [-0.2, -0.15) is 8.61 Å². The summed E-state index contributed by atoms with van der Waals surface area (Å²) >= 11 is 0. The first-order valence-electron chi connectivity index (χ1n) is 21.9. The normalized spacial score (nSPS) is 18.6. The number of rotatable bonds is 7. The van der Waals surface area contributed by atoms with Crippen LogP contribution in [0.3, 0.4) is 0 Å². The van der Waals surface area contributed by atoms with Crippen molar-refractivity contribution in [2.45, 2.75) is 43.4 Å². The standard InChI is InChI=1S/C47H27F15N6O4S2/c48-31-28(32(49)38(55)43(60)37(31)54)25-17-7-8-19(63-17)26(29-33(50)39(56)44(61)40(57)34(29)51)21-15-23(73(69,70)67-11-3-1-4-12-67)46(65-21)22-16-24(74(71,72)68-13-5-2-6-14-68)47(66-22)27(20-10-9-18(25)64-20)30-35(52)41(58)45(62)42(59)36(30)53/h7-10,15-16,65H,1-6,11-14H2. The van der Waals surface area contributed by atoms with Crippen molar-refractivity contribution in [2.24, 2.45) is 15.0 Å². The maximum absolute atomic E-state index is 16.4. The number of nitrogens with zero attached hydrogens (tertiary/aromatic N) is 5. The van der Waals surface area contributed by atoms with E-state index in [1.165, 1.54) is 0 Å². The lowest BCUT2D eigenvalue weighted by Gasteiger charge is -2.27. The maximum atomic E-state index is 16.4. The molecule has 10 rings (SSSR count). The number of aromatic nitrogens is 1. The zero-order chi connectivity index (χ0) is 53.2. The number of sulfonamides is 2. The van der Waals surface area contributed by atoms with E-state index in [4.69, 9.17) is 0 Å². The third-order valence-corrected chi connectivity index (χ3v) is 16.7. The van der Waals surface area contributed by atoms with Crippen molar-refractivity contribution >= 4 is 53.9 Å². The molecule has 386 valence electrons. The van der Waals surface area contributed by atoms with Crippen LogP contribution in [0.1, 0.15) is 66.6 Å². The monoisotopic (exact) mass is 1090 g/mol. The number of hydrogen-bond donors (Lipinski definition) is 1. The molecule has 74 heavy (non-hydrogen) atoms. The highest BCUT2D eigenvalue weighted by Gasteiger charge is 2.43. The van der Waals surface area contributed by atoms with Crippen molar-refractivity contribution in [1.29, 1.82) is 0 Å². The summed E-state index contributed by atoms with van der Waals surface area (Å²) in [6.45, 7) is -0.904. The molecule has 0 radical (unpaired) electrons. The van der Waals surface area contributed by atoms with Crippen LogP contribution in [0.5, 0.6) is 0 Å². The molecule has 0 atom stereocenters. The Balaban J connectivity index is 1.43. The minimum Gasteiger partial charge on any atom is -0.352 e. The first kappa shape index (κ1) is 50.7. The van der Waals surface area contributed by atoms with Gasteiger partial charge in [0.15, 0.2) is 69.8 Å². The van der Waals surface area contributed by atoms with Gasteiger partial charge in [-0.3, -0.25) is 0 Å². The Morgan fingerprint density at radius 1 is 0.405 bits per heavy atom. The SMILES string of the molecule is O=S(=O)(C1=CC2=NC1=C(c1c(F)c(F)c(F)c(F)c1F)C1=NC(=C(c3c(F)c(F)c(F)c(F)c3F)C3=NC(=C(c4c(F)c(F)c(F)c(F)c4F)c4cc(S(=O)(=O)N5CCCCC5)c2[nH]4)C=C3)C=C1)N1CCCCC1. The Hall–Kier alpha value is -6.84. The minimum absolute atomic E-state index is 0.196. The van der Waals surface area contributed by atoms with Crippen LogP contribution in [0.4, 0.5) is 65.9 Å². The van der Waals surface area contributed by atoms with E-state index in [1.54, 1.807) is 0 Å². The first-order valence-corrected chi connectivity index (χ1v) is 24.7. The van der Waals surface area contributed by atoms with Gasteiger partial charge in [0.25, 0.3) is 0 Å². The topological polar surface area (TPSA) is 128 Å². The average Bonchev–Trinajstić information content (AvgIpc) is 4.25. The van der Waals surface area contributed by atoms with E-state index in [-0.39, 0.29) is 51.9 Å². The van der Waals surface area contributed by atoms with Gasteiger partial charge in [-0.15, -0.1) is 0 Å². The van der Waals surface area contributed by atoms with E-state index in [9.17, 15) is 30.0 Å². The summed E-state index contributed by atoms with van der Waals surface area (Å²) in [7, 11) is -10.2. The smallest absolute Gasteiger partial charge is 0.245 e. The molecule has 27 heteroatoms. The maximum Gasteiger partial charge on any atom is 0.245 e. The number of H-pyrrole nitrogens is 1. The molecule has 10 nitrogen and oxygen atoms in total. The Morgan fingerprint density at radius 3 is 1.22 bits per heavy atom. The van der Waals surface area contributed by atoms with Crippen molar-refractivity contribution in [3.63, 3.8) is 0 Å². The van der Waals surface area contributed by atoms with Gasteiger partial charge >= 0.3 is 0 Å². The number of halogens is 15. The van der Waals surface area contributed by atoms with Gasteiger partial charge in [0.1, 0.15) is 9.80 Å². The number of piperidine rings is 2. The Bertz CT molecular complexity index is 3700. The van der Waals surface area contributed by atoms with Gasteiger partial charge in [0.05, 0.1) is 62.3 Å². The van der Waals surface area contributed by atoms with Crippen LogP contribution in [-0.2, 0) is 20.0 Å². The van der Waals surface area contributed by atoms with E-state index in [0.29, 0.717) is 49.3 Å². The van der Waals surface area contributed by atoms with Gasteiger partial charge in [-0.05, 0) is 62.1 Å². The third-order valence-electron chi connectivity index (χ3n) is 12.8. The lowest BCUT2D eigenvalue weighted by atomic mass is 9.96. The summed E-state index contributed by atoms with van der Waals surface area (Å²) in [6, 6.07) is 0.577. The van der Waals surface area contributed by atoms with E-state index in [2.05, 4.69) is 20.0 Å². The predicted molar refractivity (Wildman–Crippen MR) is 234 cm³/mol. The second-order valence-corrected chi connectivity index (χ2v) is 20.9. The molecular formula is C47H27F15N6O4S2. The van der Waals surface area contributed by atoms with E-state index < -0.39 is 196 Å². The van der Waals surface area contributed by atoms with E-state index >= 15 is 52.7 Å². The molecule has 1 N–H and O–H groups in total. The summed E-state index contributed by atoms with van der Waals surface area (Å²) in [5, 5.41) is 0. The van der Waals surface area contributed by atoms with Crippen molar-refractivity contribution < 1.29 is 82.7 Å². The van der Waals surface area contributed by atoms with E-state index in [0.717, 1.165) is 8.61 Å². The number of hydrogen-bond acceptors (Lipinski definition) is 7. The molecule has 0 amide bonds. The van der Waals surface area contributed by atoms with Crippen molar-refractivity contribution in [3.8, 4) is 0 Å². The summed E-state index contributed by atoms with van der Waals surface area (Å²) in [6.07, 6.45) is 5.05. The highest BCUT2D eigenvalue weighted by molar-refractivity contribution is 7.93. The van der Waals surface area contributed by atoms with Gasteiger partial charge in [0, 0.05) is 42.9 Å². The lowest BCUT2D eigenvalue weighted by Crippen LogP contribution is -2.36. The Kier molecular flexibility index (Phi) is 12.5. The predicted octanol–water partition coefficient (Wildman–Crippen LogP) is 10.4. The number of aromatic amines is 1. The molecule has 0 spiro atoms. The van der Waals surface area contributed by atoms with Crippen molar-refractivity contribution in [1.82, 2.24) is 13.6 Å². The number of nitrogens with one attached hydrogen (secondary N) is 1. The van der Waals surface area contributed by atoms with Crippen LogP contribution in [0, 0.1) is 87.3 Å². The zero-order valence-electron chi connectivity index (χ0n) is 36.9. The summed E-state index contributed by atoms with van der Waals surface area (Å²) in [5.74, 6) is -39.5. The van der Waals surface area contributed by atoms with Crippen LogP contribution in [0.15, 0.2) is 78.3 Å². The average molecular weight is 1090 g/mol. The molecule has 0 saturated carbocycles. The molecule has 2 fully saturated rings. The fourth-order valence-corrected chi connectivity index (χ4v) is 12.6. The van der Waals surface area contributed by atoms with Crippen molar-refractivity contribution in [3.05, 3.63) is 174 Å². The quantitative estimate of drug-likeness (QED) is 0.112. The summed E-state index contributed by atoms with van der Waals surface area (Å²) < 4.78 is 294. The number of allylic oxidation sites excluding steroid dienone is 7. The molecule has 7 heterocycles. The van der Waals surface area contributed by atoms with Crippen LogP contribution in [-0.4, -0.2) is 73.7 Å². The first-order chi connectivity index (χ1) is 35.0. The van der Waals surface area contributed by atoms with Gasteiger partial charge in [0.2, 0.25) is 37.5 Å². The summed E-state index contributed by atoms with van der Waals surface area (Å²) in [5.41, 5.74) is -17.9. The molecular weight excluding hydrogens is 1060 g/mol. The second-order valence-electron chi connectivity index (χ2n) is 17.1. The largest absolute Gasteiger partial charge is 0.352 e. The number of benzene rings is 3. The lowest BCUT2D eigenvalue weighted by molar-refractivity contribution is 0.346. The molecule has 8 bridgehead atoms. The van der Waals surface area contributed by atoms with Gasteiger partial charge < -0.3 is 4.98 Å².